The molecule has 0 saturated heterocycles. The highest BCUT2D eigenvalue weighted by atomic mass is 32.1. The van der Waals surface area contributed by atoms with Gasteiger partial charge in [-0.1, -0.05) is 69.0 Å². The van der Waals surface area contributed by atoms with Crippen LogP contribution in [0.3, 0.4) is 0 Å². The molecule has 4 aromatic rings. The minimum atomic E-state index is -4.61. The highest BCUT2D eigenvalue weighted by molar-refractivity contribution is 7.14. The van der Waals surface area contributed by atoms with Crippen LogP contribution in [0, 0.1) is 0 Å². The molecule has 0 bridgehead atoms. The van der Waals surface area contributed by atoms with Crippen molar-refractivity contribution < 1.29 is 37.4 Å². The Morgan fingerprint density at radius 1 is 0.854 bits per heavy atom. The number of carbonyl (C=O) groups excluding carboxylic acids is 2. The van der Waals surface area contributed by atoms with Gasteiger partial charge in [0.25, 0.3) is 5.91 Å². The van der Waals surface area contributed by atoms with Crippen molar-refractivity contribution in [2.45, 2.75) is 70.6 Å². The summed E-state index contributed by atoms with van der Waals surface area (Å²) in [4.78, 5) is 44.8. The first-order valence-corrected chi connectivity index (χ1v) is 16.4. The predicted molar refractivity (Wildman–Crippen MR) is 177 cm³/mol. The quantitative estimate of drug-likeness (QED) is 0.107. The first-order chi connectivity index (χ1) is 22.9. The lowest BCUT2D eigenvalue weighted by molar-refractivity contribution is -0.141. The fraction of sp³-hybridized carbons (Fsp3) is 0.343. The number of hydrogen-bond acceptors (Lipinski definition) is 7. The van der Waals surface area contributed by atoms with Crippen LogP contribution < -0.4 is 15.4 Å². The van der Waals surface area contributed by atoms with Crippen LogP contribution in [-0.2, 0) is 22.2 Å². The average Bonchev–Trinajstić information content (AvgIpc) is 3.59. The van der Waals surface area contributed by atoms with Gasteiger partial charge in [0.05, 0.1) is 11.5 Å². The number of halogens is 3. The van der Waals surface area contributed by atoms with E-state index in [1.807, 2.05) is 24.3 Å². The molecule has 3 N–H and O–H groups in total. The summed E-state index contributed by atoms with van der Waals surface area (Å²) in [6.45, 7) is 4.14. The monoisotopic (exact) mass is 682 g/mol. The number of alkyl halides is 3. The summed E-state index contributed by atoms with van der Waals surface area (Å²) in [5.41, 5.74) is 3.06. The summed E-state index contributed by atoms with van der Waals surface area (Å²) in [5, 5.41) is 14.0. The van der Waals surface area contributed by atoms with Crippen molar-refractivity contribution >= 4 is 29.1 Å². The predicted octanol–water partition coefficient (Wildman–Crippen LogP) is 7.17. The van der Waals surface area contributed by atoms with Crippen molar-refractivity contribution in [1.82, 2.24) is 20.6 Å². The van der Waals surface area contributed by atoms with Gasteiger partial charge in [-0.25, -0.2) is 9.97 Å². The second kappa shape index (κ2) is 16.9. The molecule has 0 spiro atoms. The number of aromatic nitrogens is 2. The molecule has 2 aromatic carbocycles. The SMILES string of the molecule is CCCCCCCOc1ccc(-c2cnc(-c3ccc(CC(NC(=O)c4ccc(C(F)(F)F)s4)C(=O)NC(C)C(=O)O)cc3)nc2)cc1. The molecule has 0 aliphatic heterocycles. The maximum absolute atomic E-state index is 13.0. The molecule has 2 heterocycles. The van der Waals surface area contributed by atoms with Gasteiger partial charge in [0.2, 0.25) is 5.91 Å². The Bertz CT molecular complexity index is 1660. The Morgan fingerprint density at radius 3 is 2.10 bits per heavy atom. The highest BCUT2D eigenvalue weighted by Gasteiger charge is 2.34. The summed E-state index contributed by atoms with van der Waals surface area (Å²) >= 11 is 0.249. The zero-order valence-corrected chi connectivity index (χ0v) is 27.4. The molecule has 2 unspecified atom stereocenters. The fourth-order valence-electron chi connectivity index (χ4n) is 4.72. The fourth-order valence-corrected chi connectivity index (χ4v) is 5.49. The Balaban J connectivity index is 1.40. The van der Waals surface area contributed by atoms with Gasteiger partial charge in [0.1, 0.15) is 22.7 Å². The lowest BCUT2D eigenvalue weighted by atomic mass is 10.0. The third-order valence-electron chi connectivity index (χ3n) is 7.47. The Hall–Kier alpha value is -4.78. The number of carboxylic acids is 1. The first-order valence-electron chi connectivity index (χ1n) is 15.6. The number of ether oxygens (including phenoxy) is 1. The summed E-state index contributed by atoms with van der Waals surface area (Å²) < 4.78 is 45.0. The Morgan fingerprint density at radius 2 is 1.50 bits per heavy atom. The van der Waals surface area contributed by atoms with Crippen LogP contribution in [0.1, 0.15) is 66.1 Å². The van der Waals surface area contributed by atoms with E-state index in [-0.39, 0.29) is 22.6 Å². The van der Waals surface area contributed by atoms with Gasteiger partial charge in [0, 0.05) is 29.9 Å². The Labute approximate surface area is 280 Å². The van der Waals surface area contributed by atoms with Gasteiger partial charge >= 0.3 is 12.1 Å². The van der Waals surface area contributed by atoms with E-state index in [4.69, 9.17) is 4.74 Å². The number of hydrogen-bond donors (Lipinski definition) is 3. The number of carbonyl (C=O) groups is 3. The van der Waals surface area contributed by atoms with Crippen LogP contribution in [0.4, 0.5) is 13.2 Å². The van der Waals surface area contributed by atoms with E-state index in [1.54, 1.807) is 36.7 Å². The van der Waals surface area contributed by atoms with Crippen molar-refractivity contribution in [3.05, 3.63) is 88.4 Å². The van der Waals surface area contributed by atoms with Gasteiger partial charge in [-0.15, -0.1) is 11.3 Å². The average molecular weight is 683 g/mol. The molecule has 0 aliphatic rings. The molecular weight excluding hydrogens is 645 g/mol. The molecule has 2 amide bonds. The lowest BCUT2D eigenvalue weighted by Crippen LogP contribution is -2.51. The van der Waals surface area contributed by atoms with Crippen LogP contribution in [0.15, 0.2) is 73.1 Å². The molecule has 0 saturated carbocycles. The molecule has 4 rings (SSSR count). The summed E-state index contributed by atoms with van der Waals surface area (Å²) in [6.07, 6.45) is 4.64. The minimum Gasteiger partial charge on any atom is -0.494 e. The van der Waals surface area contributed by atoms with Crippen LogP contribution in [0.5, 0.6) is 5.75 Å². The van der Waals surface area contributed by atoms with Crippen molar-refractivity contribution in [2.75, 3.05) is 6.61 Å². The molecule has 0 aliphatic carbocycles. The highest BCUT2D eigenvalue weighted by Crippen LogP contribution is 2.34. The van der Waals surface area contributed by atoms with E-state index in [0.29, 0.717) is 23.6 Å². The molecule has 13 heteroatoms. The van der Waals surface area contributed by atoms with Gasteiger partial charge in [-0.3, -0.25) is 14.4 Å². The van der Waals surface area contributed by atoms with Gasteiger partial charge in [0.15, 0.2) is 5.82 Å². The largest absolute Gasteiger partial charge is 0.494 e. The number of rotatable bonds is 16. The second-order valence-electron chi connectivity index (χ2n) is 11.2. The van der Waals surface area contributed by atoms with Crippen molar-refractivity contribution in [3.8, 4) is 28.3 Å². The van der Waals surface area contributed by atoms with E-state index in [0.717, 1.165) is 41.9 Å². The lowest BCUT2D eigenvalue weighted by Gasteiger charge is -2.20. The number of amides is 2. The van der Waals surface area contributed by atoms with Crippen molar-refractivity contribution in [2.24, 2.45) is 0 Å². The molecule has 0 radical (unpaired) electrons. The molecule has 2 atom stereocenters. The third kappa shape index (κ3) is 10.4. The number of nitrogens with one attached hydrogen (secondary N) is 2. The number of aliphatic carboxylic acids is 1. The standard InChI is InChI=1S/C35H37F3N4O5S/c1-3-4-5-6-7-18-47-27-14-12-24(13-15-27)26-20-39-31(40-21-26)25-10-8-23(9-11-25)19-28(32(43)41-22(2)34(45)46)42-33(44)29-16-17-30(48-29)35(36,37)38/h8-17,20-22,28H,3-7,18-19H2,1-2H3,(H,41,43)(H,42,44)(H,45,46). The zero-order valence-electron chi connectivity index (χ0n) is 26.5. The van der Waals surface area contributed by atoms with Gasteiger partial charge in [-0.05, 0) is 48.7 Å². The zero-order chi connectivity index (χ0) is 34.7. The summed E-state index contributed by atoms with van der Waals surface area (Å²) in [6, 6.07) is 13.9. The topological polar surface area (TPSA) is 131 Å². The van der Waals surface area contributed by atoms with Crippen molar-refractivity contribution in [1.29, 1.82) is 0 Å². The normalized spacial score (nSPS) is 12.6. The van der Waals surface area contributed by atoms with Crippen molar-refractivity contribution in [3.63, 3.8) is 0 Å². The Kier molecular flexibility index (Phi) is 12.7. The van der Waals surface area contributed by atoms with Crippen LogP contribution in [0.25, 0.3) is 22.5 Å². The minimum absolute atomic E-state index is 0.0555. The second-order valence-corrected chi connectivity index (χ2v) is 12.3. The van der Waals surface area contributed by atoms with E-state index in [9.17, 15) is 32.7 Å². The van der Waals surface area contributed by atoms with Crippen LogP contribution >= 0.6 is 11.3 Å². The molecule has 2 aromatic heterocycles. The molecular formula is C35H37F3N4O5S. The first kappa shape index (κ1) is 36.1. The number of benzene rings is 2. The van der Waals surface area contributed by atoms with E-state index in [2.05, 4.69) is 27.5 Å². The van der Waals surface area contributed by atoms with E-state index >= 15 is 0 Å². The molecule has 254 valence electrons. The molecule has 0 fully saturated rings. The van der Waals surface area contributed by atoms with Gasteiger partial charge in [-0.2, -0.15) is 13.2 Å². The maximum Gasteiger partial charge on any atom is 0.425 e. The number of unbranched alkanes of at least 4 members (excludes halogenated alkanes) is 4. The third-order valence-corrected chi connectivity index (χ3v) is 8.60. The summed E-state index contributed by atoms with van der Waals surface area (Å²) in [5.74, 6) is -1.69. The summed E-state index contributed by atoms with van der Waals surface area (Å²) in [7, 11) is 0. The number of thiophene rings is 1. The van der Waals surface area contributed by atoms with E-state index < -0.39 is 40.9 Å². The van der Waals surface area contributed by atoms with E-state index in [1.165, 1.54) is 26.2 Å². The molecule has 48 heavy (non-hydrogen) atoms. The van der Waals surface area contributed by atoms with Crippen LogP contribution in [0.2, 0.25) is 0 Å². The number of nitrogens with zero attached hydrogens (tertiary/aromatic N) is 2. The maximum atomic E-state index is 13.0. The van der Waals surface area contributed by atoms with Gasteiger partial charge < -0.3 is 20.5 Å². The smallest absolute Gasteiger partial charge is 0.425 e. The molecule has 9 nitrogen and oxygen atoms in total. The number of carboxylic acid groups (broad SMARTS) is 1. The van der Waals surface area contributed by atoms with Crippen LogP contribution in [-0.4, -0.2) is 51.5 Å².